The number of sulfone groups is 1. The second kappa shape index (κ2) is 11.3. The van der Waals surface area contributed by atoms with Gasteiger partial charge in [0, 0.05) is 22.6 Å². The summed E-state index contributed by atoms with van der Waals surface area (Å²) in [4.78, 5) is 24.9. The Bertz CT molecular complexity index is 1220. The molecule has 178 valence electrons. The lowest BCUT2D eigenvalue weighted by atomic mass is 10.2. The predicted octanol–water partition coefficient (Wildman–Crippen LogP) is 4.18. The normalized spacial score (nSPS) is 10.9. The van der Waals surface area contributed by atoms with Gasteiger partial charge < -0.3 is 20.7 Å². The Morgan fingerprint density at radius 1 is 0.765 bits per heavy atom. The fourth-order valence-electron chi connectivity index (χ4n) is 3.04. The molecule has 0 spiro atoms. The van der Waals surface area contributed by atoms with E-state index in [1.54, 1.807) is 67.6 Å². The van der Waals surface area contributed by atoms with Crippen LogP contribution in [0.3, 0.4) is 0 Å². The van der Waals surface area contributed by atoms with E-state index in [1.807, 2.05) is 6.92 Å². The van der Waals surface area contributed by atoms with Crippen LogP contribution in [0, 0.1) is 0 Å². The summed E-state index contributed by atoms with van der Waals surface area (Å²) in [5.41, 5.74) is 2.28. The Kier molecular flexibility index (Phi) is 8.26. The molecule has 3 rings (SSSR count). The lowest BCUT2D eigenvalue weighted by molar-refractivity contribution is -0.114. The maximum Gasteiger partial charge on any atom is 0.255 e. The summed E-state index contributed by atoms with van der Waals surface area (Å²) >= 11 is 0. The zero-order valence-electron chi connectivity index (χ0n) is 19.0. The third-order valence-electron chi connectivity index (χ3n) is 4.90. The van der Waals surface area contributed by atoms with Crippen molar-refractivity contribution < 1.29 is 22.7 Å². The minimum Gasteiger partial charge on any atom is -0.494 e. The first-order chi connectivity index (χ1) is 16.3. The first-order valence-corrected chi connectivity index (χ1v) is 12.5. The van der Waals surface area contributed by atoms with Gasteiger partial charge in [0.25, 0.3) is 5.91 Å². The summed E-state index contributed by atoms with van der Waals surface area (Å²) in [6.45, 7) is 4.07. The summed E-state index contributed by atoms with van der Waals surface area (Å²) in [5, 5.41) is 8.51. The number of hydrogen-bond donors (Lipinski definition) is 3. The average Bonchev–Trinajstić information content (AvgIpc) is 2.85. The SMILES string of the molecule is CCOc1ccc(NC(=O)c2ccc(NC(=O)CNc3ccc(S(=O)(=O)CC)cc3)cc2)cc1. The zero-order valence-corrected chi connectivity index (χ0v) is 19.8. The standard InChI is InChI=1S/C25H27N3O5S/c1-3-33-22-13-9-21(10-14-22)28-25(30)18-5-7-20(8-6-18)27-24(29)17-26-19-11-15-23(16-12-19)34(31,32)4-2/h5-16,26H,3-4,17H2,1-2H3,(H,27,29)(H,28,30). The molecule has 3 aromatic rings. The van der Waals surface area contributed by atoms with E-state index in [1.165, 1.54) is 12.1 Å². The number of benzene rings is 3. The van der Waals surface area contributed by atoms with E-state index in [0.29, 0.717) is 29.2 Å². The molecule has 0 unspecified atom stereocenters. The van der Waals surface area contributed by atoms with Gasteiger partial charge in [-0.15, -0.1) is 0 Å². The Morgan fingerprint density at radius 2 is 1.32 bits per heavy atom. The first-order valence-electron chi connectivity index (χ1n) is 10.8. The molecule has 3 N–H and O–H groups in total. The van der Waals surface area contributed by atoms with Crippen molar-refractivity contribution >= 4 is 38.7 Å². The molecule has 0 radical (unpaired) electrons. The second-order valence-corrected chi connectivity index (χ2v) is 9.60. The Hall–Kier alpha value is -3.85. The molecule has 0 atom stereocenters. The van der Waals surface area contributed by atoms with Crippen molar-refractivity contribution in [2.24, 2.45) is 0 Å². The highest BCUT2D eigenvalue weighted by Gasteiger charge is 2.11. The molecule has 9 heteroatoms. The van der Waals surface area contributed by atoms with Gasteiger partial charge in [0.15, 0.2) is 9.84 Å². The summed E-state index contributed by atoms with van der Waals surface area (Å²) in [5.74, 6) is 0.218. The number of ether oxygens (including phenoxy) is 1. The third kappa shape index (κ3) is 6.82. The van der Waals surface area contributed by atoms with E-state index in [2.05, 4.69) is 16.0 Å². The van der Waals surface area contributed by atoms with Gasteiger partial charge >= 0.3 is 0 Å². The predicted molar refractivity (Wildman–Crippen MR) is 133 cm³/mol. The van der Waals surface area contributed by atoms with E-state index in [4.69, 9.17) is 4.74 Å². The monoisotopic (exact) mass is 481 g/mol. The van der Waals surface area contributed by atoms with Gasteiger partial charge in [-0.25, -0.2) is 8.42 Å². The van der Waals surface area contributed by atoms with E-state index >= 15 is 0 Å². The number of hydrogen-bond acceptors (Lipinski definition) is 6. The lowest BCUT2D eigenvalue weighted by Gasteiger charge is -2.10. The number of carbonyl (C=O) groups excluding carboxylic acids is 2. The molecule has 3 aromatic carbocycles. The van der Waals surface area contributed by atoms with Gasteiger partial charge in [0.1, 0.15) is 5.75 Å². The lowest BCUT2D eigenvalue weighted by Crippen LogP contribution is -2.21. The van der Waals surface area contributed by atoms with Crippen molar-refractivity contribution in [1.82, 2.24) is 0 Å². The fraction of sp³-hybridized carbons (Fsp3) is 0.200. The van der Waals surface area contributed by atoms with Gasteiger partial charge in [-0.2, -0.15) is 0 Å². The van der Waals surface area contributed by atoms with E-state index in [9.17, 15) is 18.0 Å². The fourth-order valence-corrected chi connectivity index (χ4v) is 3.93. The highest BCUT2D eigenvalue weighted by molar-refractivity contribution is 7.91. The van der Waals surface area contributed by atoms with E-state index in [0.717, 1.165) is 5.75 Å². The number of anilines is 3. The summed E-state index contributed by atoms with van der Waals surface area (Å²) in [6.07, 6.45) is 0. The summed E-state index contributed by atoms with van der Waals surface area (Å²) < 4.78 is 29.1. The van der Waals surface area contributed by atoms with E-state index < -0.39 is 9.84 Å². The molecule has 34 heavy (non-hydrogen) atoms. The van der Waals surface area contributed by atoms with Gasteiger partial charge in [0.05, 0.1) is 23.8 Å². The number of rotatable bonds is 10. The van der Waals surface area contributed by atoms with Crippen LogP contribution < -0.4 is 20.7 Å². The highest BCUT2D eigenvalue weighted by atomic mass is 32.2. The maximum absolute atomic E-state index is 12.4. The minimum absolute atomic E-state index is 0.000146. The molecule has 0 fully saturated rings. The van der Waals surface area contributed by atoms with Crippen LogP contribution in [0.25, 0.3) is 0 Å². The maximum atomic E-state index is 12.4. The quantitative estimate of drug-likeness (QED) is 0.400. The smallest absolute Gasteiger partial charge is 0.255 e. The van der Waals surface area contributed by atoms with Crippen molar-refractivity contribution in [3.8, 4) is 5.75 Å². The molecule has 0 heterocycles. The molecule has 0 saturated heterocycles. The van der Waals surface area contributed by atoms with Crippen LogP contribution in [0.1, 0.15) is 24.2 Å². The van der Waals surface area contributed by atoms with Crippen LogP contribution in [0.15, 0.2) is 77.7 Å². The average molecular weight is 482 g/mol. The number of amides is 2. The van der Waals surface area contributed by atoms with Crippen LogP contribution in [-0.4, -0.2) is 39.1 Å². The Labute approximate surface area is 199 Å². The van der Waals surface area contributed by atoms with Crippen molar-refractivity contribution in [3.05, 3.63) is 78.4 Å². The number of carbonyl (C=O) groups is 2. The molecule has 0 bridgehead atoms. The molecule has 0 saturated carbocycles. The molecule has 2 amide bonds. The first kappa shape index (κ1) is 24.8. The van der Waals surface area contributed by atoms with Crippen molar-refractivity contribution in [3.63, 3.8) is 0 Å². The van der Waals surface area contributed by atoms with Crippen LogP contribution in [0.5, 0.6) is 5.75 Å². The largest absolute Gasteiger partial charge is 0.494 e. The highest BCUT2D eigenvalue weighted by Crippen LogP contribution is 2.18. The van der Waals surface area contributed by atoms with Crippen LogP contribution >= 0.6 is 0 Å². The molecule has 0 aliphatic carbocycles. The molecule has 0 aromatic heterocycles. The Balaban J connectivity index is 1.49. The molecule has 8 nitrogen and oxygen atoms in total. The summed E-state index contributed by atoms with van der Waals surface area (Å²) in [7, 11) is -3.26. The van der Waals surface area contributed by atoms with Gasteiger partial charge in [-0.3, -0.25) is 9.59 Å². The van der Waals surface area contributed by atoms with Crippen LogP contribution in [0.4, 0.5) is 17.1 Å². The number of nitrogens with one attached hydrogen (secondary N) is 3. The van der Waals surface area contributed by atoms with Gasteiger partial charge in [0.2, 0.25) is 5.91 Å². The van der Waals surface area contributed by atoms with Gasteiger partial charge in [-0.1, -0.05) is 6.92 Å². The minimum atomic E-state index is -3.26. The molecule has 0 aliphatic rings. The summed E-state index contributed by atoms with van der Waals surface area (Å²) in [6, 6.07) is 19.9. The molecule has 0 aliphatic heterocycles. The van der Waals surface area contributed by atoms with Crippen molar-refractivity contribution in [2.75, 3.05) is 34.9 Å². The third-order valence-corrected chi connectivity index (χ3v) is 6.65. The second-order valence-electron chi connectivity index (χ2n) is 7.32. The van der Waals surface area contributed by atoms with Crippen molar-refractivity contribution in [2.45, 2.75) is 18.7 Å². The van der Waals surface area contributed by atoms with Crippen LogP contribution in [-0.2, 0) is 14.6 Å². The zero-order chi connectivity index (χ0) is 24.6. The topological polar surface area (TPSA) is 114 Å². The van der Waals surface area contributed by atoms with E-state index in [-0.39, 0.29) is 29.0 Å². The van der Waals surface area contributed by atoms with Crippen LogP contribution in [0.2, 0.25) is 0 Å². The Morgan fingerprint density at radius 3 is 1.91 bits per heavy atom. The van der Waals surface area contributed by atoms with Gasteiger partial charge in [-0.05, 0) is 79.7 Å². The molecular formula is C25H27N3O5S. The van der Waals surface area contributed by atoms with Crippen molar-refractivity contribution in [1.29, 1.82) is 0 Å². The molecular weight excluding hydrogens is 454 g/mol.